The van der Waals surface area contributed by atoms with E-state index in [4.69, 9.17) is 24.5 Å². The molecule has 0 saturated carbocycles. The van der Waals surface area contributed by atoms with E-state index in [0.717, 1.165) is 78.5 Å². The zero-order valence-corrected chi connectivity index (χ0v) is 32.0. The molecule has 2 N–H and O–H groups in total. The average Bonchev–Trinajstić information content (AvgIpc) is 3.86. The summed E-state index contributed by atoms with van der Waals surface area (Å²) in [6, 6.07) is 18.2. The summed E-state index contributed by atoms with van der Waals surface area (Å²) < 4.78 is 5.01. The number of pyridine rings is 1. The maximum atomic E-state index is 14.3. The van der Waals surface area contributed by atoms with Gasteiger partial charge in [-0.2, -0.15) is 0 Å². The number of fused-ring (bicyclic) bond motifs is 9. The highest BCUT2D eigenvalue weighted by Gasteiger charge is 2.41. The summed E-state index contributed by atoms with van der Waals surface area (Å²) in [6.45, 7) is 10.2. The SMILES string of the molecule is CCC1=C(C)c2cc3[nH]c(cc4nc(c5c6[nH]c(cc1n2)c(C)c6C(=O)N(OC)C5=O)[C@@H](CCC(=O)OC)[C@@H]4C)c(C)c3/C=C/c1ccc2ccccc2n1. The number of rotatable bonds is 7. The van der Waals surface area contributed by atoms with Crippen molar-refractivity contribution >= 4 is 74.1 Å². The van der Waals surface area contributed by atoms with Gasteiger partial charge in [-0.1, -0.05) is 44.2 Å². The smallest absolute Gasteiger partial charge is 0.305 e. The highest BCUT2D eigenvalue weighted by atomic mass is 16.7. The van der Waals surface area contributed by atoms with Crippen LogP contribution >= 0.6 is 0 Å². The van der Waals surface area contributed by atoms with Crippen LogP contribution in [-0.4, -0.2) is 62.0 Å². The summed E-state index contributed by atoms with van der Waals surface area (Å²) in [5.41, 5.74) is 12.7. The Morgan fingerprint density at radius 1 is 0.855 bits per heavy atom. The number of methoxy groups -OCH3 is 1. The van der Waals surface area contributed by atoms with Gasteiger partial charge >= 0.3 is 5.97 Å². The van der Waals surface area contributed by atoms with Crippen molar-refractivity contribution in [2.45, 2.75) is 65.7 Å². The van der Waals surface area contributed by atoms with Crippen LogP contribution in [0.15, 0.2) is 54.6 Å². The van der Waals surface area contributed by atoms with Gasteiger partial charge in [0.15, 0.2) is 0 Å². The second-order valence-electron chi connectivity index (χ2n) is 14.3. The number of hydroxylamine groups is 2. The Morgan fingerprint density at radius 3 is 2.36 bits per heavy atom. The molecule has 1 aromatic carbocycles. The van der Waals surface area contributed by atoms with Crippen LogP contribution in [0, 0.1) is 13.8 Å². The lowest BCUT2D eigenvalue weighted by molar-refractivity contribution is -0.140. The summed E-state index contributed by atoms with van der Waals surface area (Å²) >= 11 is 0. The number of benzene rings is 1. The fourth-order valence-corrected chi connectivity index (χ4v) is 8.18. The third-order valence-corrected chi connectivity index (χ3v) is 11.3. The monoisotopic (exact) mass is 734 g/mol. The molecule has 0 unspecified atom stereocenters. The van der Waals surface area contributed by atoms with Crippen LogP contribution in [0.25, 0.3) is 56.3 Å². The Kier molecular flexibility index (Phi) is 9.05. The molecule has 0 fully saturated rings. The van der Waals surface area contributed by atoms with Gasteiger partial charge in [-0.25, -0.2) is 9.97 Å². The molecular formula is C44H42N6O5. The van der Waals surface area contributed by atoms with E-state index in [-0.39, 0.29) is 29.8 Å². The number of allylic oxidation sites excluding steroid dienone is 2. The molecule has 0 aliphatic carbocycles. The summed E-state index contributed by atoms with van der Waals surface area (Å²) in [7, 11) is 2.67. The van der Waals surface area contributed by atoms with E-state index in [1.807, 2.05) is 62.4 Å². The number of ether oxygens (including phenoxy) is 1. The summed E-state index contributed by atoms with van der Waals surface area (Å²) in [6.07, 6.45) is 5.35. The lowest BCUT2D eigenvalue weighted by atomic mass is 9.85. The summed E-state index contributed by atoms with van der Waals surface area (Å²) in [4.78, 5) is 68.3. The topological polar surface area (TPSA) is 143 Å². The van der Waals surface area contributed by atoms with E-state index >= 15 is 0 Å². The van der Waals surface area contributed by atoms with E-state index < -0.39 is 11.8 Å². The first-order chi connectivity index (χ1) is 26.5. The molecule has 7 heterocycles. The second-order valence-corrected chi connectivity index (χ2v) is 14.3. The summed E-state index contributed by atoms with van der Waals surface area (Å²) in [5, 5.41) is 1.87. The number of carbonyl (C=O) groups is 3. The predicted molar refractivity (Wildman–Crippen MR) is 214 cm³/mol. The Hall–Kier alpha value is -6.20. The fraction of sp³-hybridized carbons (Fsp3) is 0.273. The van der Waals surface area contributed by atoms with Crippen LogP contribution in [-0.2, 0) is 14.4 Å². The van der Waals surface area contributed by atoms with Gasteiger partial charge in [0.25, 0.3) is 11.8 Å². The van der Waals surface area contributed by atoms with E-state index in [9.17, 15) is 14.4 Å². The molecular weight excluding hydrogens is 693 g/mol. The molecule has 3 aliphatic rings. The fourth-order valence-electron chi connectivity index (χ4n) is 8.18. The van der Waals surface area contributed by atoms with Gasteiger partial charge in [-0.3, -0.25) is 24.2 Å². The maximum Gasteiger partial charge on any atom is 0.305 e. The molecule has 2 amide bonds. The minimum atomic E-state index is -0.620. The van der Waals surface area contributed by atoms with Crippen molar-refractivity contribution in [3.63, 3.8) is 0 Å². The number of carbonyl (C=O) groups excluding carboxylic acids is 3. The first-order valence-corrected chi connectivity index (χ1v) is 18.5. The highest BCUT2D eigenvalue weighted by molar-refractivity contribution is 6.22. The number of H-pyrrole nitrogens is 2. The molecule has 11 heteroatoms. The molecule has 8 rings (SSSR count). The van der Waals surface area contributed by atoms with Gasteiger partial charge in [-0.15, -0.1) is 5.06 Å². The molecule has 5 aromatic rings. The van der Waals surface area contributed by atoms with Gasteiger partial charge in [0.05, 0.1) is 59.2 Å². The van der Waals surface area contributed by atoms with Crippen molar-refractivity contribution < 1.29 is 24.0 Å². The zero-order chi connectivity index (χ0) is 38.7. The van der Waals surface area contributed by atoms with Crippen molar-refractivity contribution in [2.24, 2.45) is 0 Å². The number of nitrogens with zero attached hydrogens (tertiary/aromatic N) is 4. The summed E-state index contributed by atoms with van der Waals surface area (Å²) in [5.74, 6) is -2.07. The first kappa shape index (κ1) is 35.8. The van der Waals surface area contributed by atoms with Gasteiger partial charge in [-0.05, 0) is 92.3 Å². The number of imide groups is 1. The Bertz CT molecular complexity index is 2700. The highest BCUT2D eigenvalue weighted by Crippen LogP contribution is 2.44. The second kappa shape index (κ2) is 13.9. The number of aryl methyl sites for hydroxylation is 2. The molecule has 4 aromatic heterocycles. The average molecular weight is 735 g/mol. The van der Waals surface area contributed by atoms with Gasteiger partial charge in [0.2, 0.25) is 0 Å². The van der Waals surface area contributed by atoms with Gasteiger partial charge in [0.1, 0.15) is 0 Å². The number of aromatic amines is 2. The van der Waals surface area contributed by atoms with E-state index in [1.165, 1.54) is 14.2 Å². The van der Waals surface area contributed by atoms with Gasteiger partial charge in [0, 0.05) is 51.5 Å². The lowest BCUT2D eigenvalue weighted by Crippen LogP contribution is -2.40. The van der Waals surface area contributed by atoms with E-state index in [1.54, 1.807) is 0 Å². The van der Waals surface area contributed by atoms with Gasteiger partial charge < -0.3 is 14.7 Å². The predicted octanol–water partition coefficient (Wildman–Crippen LogP) is 8.99. The molecule has 2 atom stereocenters. The van der Waals surface area contributed by atoms with Crippen molar-refractivity contribution in [3.8, 4) is 0 Å². The minimum Gasteiger partial charge on any atom is -0.469 e. The number of hydrogen-bond acceptors (Lipinski definition) is 8. The number of hydrogen-bond donors (Lipinski definition) is 2. The van der Waals surface area contributed by atoms with E-state index in [2.05, 4.69) is 48.9 Å². The first-order valence-electron chi connectivity index (χ1n) is 18.5. The minimum absolute atomic E-state index is 0.129. The standard InChI is InChI=1S/C44H42N6O5/c1-8-28-22(2)33-20-37-29(16-15-27-14-13-26-11-9-10-12-31(26)45-27)23(3)32(47-37)19-34-24(4)30(17-18-38(51)54-6)41(48-34)40-42-39(43(52)50(55-7)44(40)53)25(5)35(49-42)21-36(28)46-33/h9-16,19-21,24,30,47,49H,8,17-18H2,1-7H3/b16-15+,32-19?,33-20?,34-19?,35-21?,36-21?,37-20?,41-40?/t24-,30-/m0/s1. The largest absolute Gasteiger partial charge is 0.469 e. The number of nitrogens with one attached hydrogen (secondary N) is 2. The van der Waals surface area contributed by atoms with Crippen LogP contribution in [0.4, 0.5) is 0 Å². The van der Waals surface area contributed by atoms with Crippen molar-refractivity contribution in [1.29, 1.82) is 0 Å². The Morgan fingerprint density at radius 2 is 1.60 bits per heavy atom. The molecule has 3 aliphatic heterocycles. The number of aromatic nitrogens is 5. The van der Waals surface area contributed by atoms with Crippen LogP contribution in [0.5, 0.6) is 0 Å². The molecule has 278 valence electrons. The quantitative estimate of drug-likeness (QED) is 0.125. The Balaban J connectivity index is 1.45. The normalized spacial score (nSPS) is 16.9. The van der Waals surface area contributed by atoms with Crippen molar-refractivity contribution in [3.05, 3.63) is 111 Å². The molecule has 0 saturated heterocycles. The lowest BCUT2D eigenvalue weighted by Gasteiger charge is -2.24. The van der Waals surface area contributed by atoms with Crippen LogP contribution in [0.1, 0.15) is 118 Å². The third-order valence-electron chi connectivity index (χ3n) is 11.3. The molecule has 8 bridgehead atoms. The number of amides is 2. The Labute approximate surface area is 318 Å². The molecule has 55 heavy (non-hydrogen) atoms. The third kappa shape index (κ3) is 5.95. The van der Waals surface area contributed by atoms with Crippen LogP contribution in [0.3, 0.4) is 0 Å². The van der Waals surface area contributed by atoms with E-state index in [0.29, 0.717) is 34.3 Å². The van der Waals surface area contributed by atoms with Crippen molar-refractivity contribution in [1.82, 2.24) is 30.0 Å². The molecule has 0 spiro atoms. The van der Waals surface area contributed by atoms with Crippen LogP contribution in [0.2, 0.25) is 0 Å². The molecule has 0 radical (unpaired) electrons. The molecule has 11 nitrogen and oxygen atoms in total. The van der Waals surface area contributed by atoms with Crippen LogP contribution < -0.4 is 0 Å². The number of esters is 1. The zero-order valence-electron chi connectivity index (χ0n) is 32.0. The number of para-hydroxylation sites is 1. The van der Waals surface area contributed by atoms with Crippen molar-refractivity contribution in [2.75, 3.05) is 14.2 Å². The maximum absolute atomic E-state index is 14.3.